The number of carbonyl (C=O) groups excluding carboxylic acids is 3. The molecule has 0 spiro atoms. The van der Waals surface area contributed by atoms with E-state index in [4.69, 9.17) is 10.7 Å². The fourth-order valence-electron chi connectivity index (χ4n) is 6.56. The number of likely N-dealkylation sites (N-methyl/N-ethyl adjacent to an activating group) is 1. The minimum absolute atomic E-state index is 0.0258. The zero-order valence-corrected chi connectivity index (χ0v) is 21.8. The van der Waals surface area contributed by atoms with Crippen molar-refractivity contribution in [2.24, 2.45) is 17.6 Å². The smallest absolute Gasteiger partial charge is 0.255 e. The van der Waals surface area contributed by atoms with Crippen LogP contribution in [0.3, 0.4) is 0 Å². The van der Waals surface area contributed by atoms with Crippen molar-refractivity contribution in [2.75, 3.05) is 14.1 Å². The minimum atomic E-state index is -2.70. The number of aliphatic hydroxyl groups excluding tert-OH is 2. The Morgan fingerprint density at radius 1 is 1.10 bits per heavy atom. The number of rotatable bonds is 3. The summed E-state index contributed by atoms with van der Waals surface area (Å²) in [5.74, 6) is -7.61. The van der Waals surface area contributed by atoms with Crippen LogP contribution in [-0.4, -0.2) is 73.5 Å². The predicted octanol–water partition coefficient (Wildman–Crippen LogP) is 2.32. The number of hydrogen-bond acceptors (Lipinski definition) is 10. The van der Waals surface area contributed by atoms with E-state index < -0.39 is 64.0 Å². The number of carbonyl (C=O) groups is 3. The number of phenolic OH excluding ortho intramolecular Hbond substituents is 1. The van der Waals surface area contributed by atoms with Gasteiger partial charge in [-0.2, -0.15) is 0 Å². The van der Waals surface area contributed by atoms with Crippen molar-refractivity contribution in [3.8, 4) is 5.75 Å². The molecule has 0 aliphatic heterocycles. The average molecular weight is 548 g/mol. The van der Waals surface area contributed by atoms with Gasteiger partial charge in [-0.3, -0.25) is 19.3 Å². The number of Topliss-reactive ketones (excluding diaryl/α,β-unsaturated/α-hetero) is 2. The molecule has 0 saturated carbocycles. The summed E-state index contributed by atoms with van der Waals surface area (Å²) in [5.41, 5.74) is 2.83. The number of benzene rings is 2. The van der Waals surface area contributed by atoms with Gasteiger partial charge in [0.15, 0.2) is 11.4 Å². The van der Waals surface area contributed by atoms with Gasteiger partial charge in [-0.05, 0) is 44.3 Å². The number of amides is 1. The maximum absolute atomic E-state index is 13.9. The maximum atomic E-state index is 13.9. The number of allylic oxidation sites excluding steroid dienone is 1. The first-order valence-corrected chi connectivity index (χ1v) is 13.1. The summed E-state index contributed by atoms with van der Waals surface area (Å²) in [6, 6.07) is 11.1. The van der Waals surface area contributed by atoms with Crippen molar-refractivity contribution >= 4 is 39.0 Å². The standard InChI is InChI=1S/C28H25N3O7S/c1-31(2)21-13-10-12-17(27-30-14-7-3-4-9-16(14)39-27)11-6-5-8-15(32)18(11)22(33)19(12)24(35)28(13,38)25(36)20(23(21)34)26(29)37/h3-9,12-13,17,21,32,34-35,38H,10H2,1-2H3,(H2,29,37)/t12?,13-,17-,21-,28-/m0/s1. The minimum Gasteiger partial charge on any atom is -0.510 e. The highest BCUT2D eigenvalue weighted by Crippen LogP contribution is 2.57. The van der Waals surface area contributed by atoms with Gasteiger partial charge in [0.1, 0.15) is 27.8 Å². The van der Waals surface area contributed by atoms with E-state index in [9.17, 15) is 34.8 Å². The summed E-state index contributed by atoms with van der Waals surface area (Å²) in [7, 11) is 3.19. The molecule has 2 aromatic carbocycles. The summed E-state index contributed by atoms with van der Waals surface area (Å²) in [5, 5.41) is 45.8. The van der Waals surface area contributed by atoms with Crippen molar-refractivity contribution in [2.45, 2.75) is 24.0 Å². The monoisotopic (exact) mass is 547 g/mol. The fourth-order valence-corrected chi connectivity index (χ4v) is 7.71. The van der Waals surface area contributed by atoms with Gasteiger partial charge in [0.2, 0.25) is 5.78 Å². The second-order valence-electron chi connectivity index (χ2n) is 10.4. The summed E-state index contributed by atoms with van der Waals surface area (Å²) >= 11 is 1.40. The Balaban J connectivity index is 1.65. The lowest BCUT2D eigenvalue weighted by molar-refractivity contribution is -0.148. The van der Waals surface area contributed by atoms with Crippen LogP contribution >= 0.6 is 11.3 Å². The number of aromatic hydroxyl groups is 1. The van der Waals surface area contributed by atoms with Gasteiger partial charge in [0.05, 0.1) is 21.8 Å². The zero-order valence-electron chi connectivity index (χ0n) is 21.0. The topological polar surface area (TPSA) is 174 Å². The highest BCUT2D eigenvalue weighted by molar-refractivity contribution is 7.18. The molecule has 1 unspecified atom stereocenters. The maximum Gasteiger partial charge on any atom is 0.255 e. The molecule has 3 aromatic rings. The molecule has 39 heavy (non-hydrogen) atoms. The van der Waals surface area contributed by atoms with Gasteiger partial charge in [0.25, 0.3) is 5.91 Å². The number of aromatic nitrogens is 1. The van der Waals surface area contributed by atoms with Crippen molar-refractivity contribution in [1.29, 1.82) is 0 Å². The Morgan fingerprint density at radius 3 is 2.49 bits per heavy atom. The predicted molar refractivity (Wildman–Crippen MR) is 141 cm³/mol. The van der Waals surface area contributed by atoms with Crippen LogP contribution in [0.4, 0.5) is 0 Å². The number of aliphatic hydroxyl groups is 3. The second kappa shape index (κ2) is 8.47. The third kappa shape index (κ3) is 3.27. The number of phenols is 1. The lowest BCUT2D eigenvalue weighted by Crippen LogP contribution is -2.64. The summed E-state index contributed by atoms with van der Waals surface area (Å²) in [6.07, 6.45) is -0.0258. The van der Waals surface area contributed by atoms with E-state index in [1.807, 2.05) is 24.3 Å². The Hall–Kier alpha value is -4.06. The number of primary amides is 1. The molecule has 0 radical (unpaired) electrons. The lowest BCUT2D eigenvalue weighted by Gasteiger charge is -2.51. The van der Waals surface area contributed by atoms with Gasteiger partial charge in [-0.15, -0.1) is 11.3 Å². The Kier molecular flexibility index (Phi) is 5.48. The first kappa shape index (κ1) is 25.2. The summed E-state index contributed by atoms with van der Waals surface area (Å²) < 4.78 is 0.902. The van der Waals surface area contributed by atoms with Crippen LogP contribution < -0.4 is 5.73 Å². The third-order valence-corrected chi connectivity index (χ3v) is 9.30. The molecule has 5 atom stereocenters. The van der Waals surface area contributed by atoms with Gasteiger partial charge in [-0.1, -0.05) is 24.3 Å². The molecule has 200 valence electrons. The fraction of sp³-hybridized carbons (Fsp3) is 0.286. The van der Waals surface area contributed by atoms with Gasteiger partial charge in [0, 0.05) is 23.3 Å². The Labute approximate surface area is 226 Å². The highest BCUT2D eigenvalue weighted by Gasteiger charge is 2.64. The van der Waals surface area contributed by atoms with E-state index >= 15 is 0 Å². The van der Waals surface area contributed by atoms with Crippen molar-refractivity contribution in [1.82, 2.24) is 9.88 Å². The molecule has 6 N–H and O–H groups in total. The number of nitrogens with zero attached hydrogens (tertiary/aromatic N) is 2. The van der Waals surface area contributed by atoms with Crippen LogP contribution in [0.25, 0.3) is 10.2 Å². The number of hydrogen-bond donors (Lipinski definition) is 5. The molecule has 6 rings (SSSR count). The SMILES string of the molecule is CN(C)[C@@H]1C(O)=C(C(N)=O)C(=O)[C@@]2(O)C(O)=C3C(=O)c4c(O)cccc4[C@H](c4nc5ccccc5s4)C3C[C@@H]12. The number of fused-ring (bicyclic) bond motifs is 4. The van der Waals surface area contributed by atoms with E-state index in [0.717, 1.165) is 10.2 Å². The molecule has 0 bridgehead atoms. The van der Waals surface area contributed by atoms with Gasteiger partial charge in [-0.25, -0.2) is 4.98 Å². The highest BCUT2D eigenvalue weighted by atomic mass is 32.1. The molecular formula is C28H25N3O7S. The van der Waals surface area contributed by atoms with E-state index in [-0.39, 0.29) is 23.3 Å². The first-order chi connectivity index (χ1) is 18.5. The van der Waals surface area contributed by atoms with Crippen LogP contribution in [0.5, 0.6) is 5.75 Å². The van der Waals surface area contributed by atoms with Crippen LogP contribution in [0.15, 0.2) is 65.1 Å². The molecule has 0 fully saturated rings. The van der Waals surface area contributed by atoms with E-state index in [2.05, 4.69) is 0 Å². The van der Waals surface area contributed by atoms with E-state index in [1.54, 1.807) is 26.2 Å². The molecule has 1 aromatic heterocycles. The van der Waals surface area contributed by atoms with Crippen LogP contribution in [-0.2, 0) is 9.59 Å². The molecule has 0 saturated heterocycles. The summed E-state index contributed by atoms with van der Waals surface area (Å²) in [4.78, 5) is 45.9. The zero-order chi connectivity index (χ0) is 28.0. The largest absolute Gasteiger partial charge is 0.510 e. The van der Waals surface area contributed by atoms with Crippen molar-refractivity contribution in [3.05, 3.63) is 81.3 Å². The molecule has 11 heteroatoms. The number of ketones is 2. The lowest BCUT2D eigenvalue weighted by atomic mass is 9.56. The normalized spacial score (nSPS) is 28.5. The van der Waals surface area contributed by atoms with Gasteiger partial charge < -0.3 is 26.2 Å². The molecule has 1 amide bonds. The molecule has 3 aliphatic carbocycles. The van der Waals surface area contributed by atoms with Crippen LogP contribution in [0, 0.1) is 11.8 Å². The molecular weight excluding hydrogens is 522 g/mol. The van der Waals surface area contributed by atoms with Crippen LogP contribution in [0.1, 0.15) is 33.3 Å². The molecule has 10 nitrogen and oxygen atoms in total. The second-order valence-corrected chi connectivity index (χ2v) is 11.5. The Morgan fingerprint density at radius 2 is 1.82 bits per heavy atom. The summed E-state index contributed by atoms with van der Waals surface area (Å²) in [6.45, 7) is 0. The first-order valence-electron chi connectivity index (χ1n) is 12.3. The van der Waals surface area contributed by atoms with E-state index in [1.165, 1.54) is 22.3 Å². The average Bonchev–Trinajstić information content (AvgIpc) is 3.29. The van der Waals surface area contributed by atoms with Crippen LogP contribution in [0.2, 0.25) is 0 Å². The van der Waals surface area contributed by atoms with Crippen molar-refractivity contribution in [3.63, 3.8) is 0 Å². The third-order valence-electron chi connectivity index (χ3n) is 8.19. The Bertz CT molecular complexity index is 1640. The number of nitrogens with two attached hydrogens (primary N) is 1. The van der Waals surface area contributed by atoms with E-state index in [0.29, 0.717) is 10.6 Å². The van der Waals surface area contributed by atoms with Gasteiger partial charge >= 0.3 is 0 Å². The van der Waals surface area contributed by atoms with Crippen molar-refractivity contribution < 1.29 is 34.8 Å². The number of thiazole rings is 1. The number of para-hydroxylation sites is 1. The molecule has 3 aliphatic rings. The molecule has 1 heterocycles. The quantitative estimate of drug-likeness (QED) is 0.308.